The number of likely N-dealkylation sites (tertiary alicyclic amines) is 1. The van der Waals surface area contributed by atoms with Crippen molar-refractivity contribution in [2.45, 2.75) is 45.2 Å². The summed E-state index contributed by atoms with van der Waals surface area (Å²) >= 11 is 0. The second-order valence-corrected chi connectivity index (χ2v) is 5.61. The number of aliphatic hydroxyl groups excluding tert-OH is 1. The van der Waals surface area contributed by atoms with Crippen LogP contribution >= 0.6 is 0 Å². The molecular weight excluding hydrogens is 188 g/mol. The number of aliphatic hydroxyl groups is 1. The summed E-state index contributed by atoms with van der Waals surface area (Å²) in [6, 6.07) is 0.415. The van der Waals surface area contributed by atoms with Crippen molar-refractivity contribution in [3.8, 4) is 0 Å². The molecule has 0 radical (unpaired) electrons. The first-order chi connectivity index (χ1) is 6.95. The van der Waals surface area contributed by atoms with Crippen LogP contribution in [-0.4, -0.2) is 59.8 Å². The summed E-state index contributed by atoms with van der Waals surface area (Å²) in [5.74, 6) is 0. The summed E-state index contributed by atoms with van der Waals surface area (Å²) in [7, 11) is 2.17. The SMILES string of the molecule is CN(CCN1CCC[C@@H]1CO)C(C)(C)C. The van der Waals surface area contributed by atoms with Gasteiger partial charge in [0.25, 0.3) is 0 Å². The van der Waals surface area contributed by atoms with Crippen LogP contribution in [0.5, 0.6) is 0 Å². The van der Waals surface area contributed by atoms with E-state index in [0.717, 1.165) is 26.1 Å². The van der Waals surface area contributed by atoms with E-state index in [4.69, 9.17) is 0 Å². The van der Waals surface area contributed by atoms with Gasteiger partial charge in [0.15, 0.2) is 0 Å². The Morgan fingerprint density at radius 3 is 2.60 bits per heavy atom. The third-order valence-corrected chi connectivity index (χ3v) is 3.58. The van der Waals surface area contributed by atoms with Crippen molar-refractivity contribution in [3.05, 3.63) is 0 Å². The summed E-state index contributed by atoms with van der Waals surface area (Å²) in [6.07, 6.45) is 2.40. The minimum atomic E-state index is 0.244. The first-order valence-corrected chi connectivity index (χ1v) is 6.01. The monoisotopic (exact) mass is 214 g/mol. The fourth-order valence-electron chi connectivity index (χ4n) is 2.01. The highest BCUT2D eigenvalue weighted by molar-refractivity contribution is 4.80. The van der Waals surface area contributed by atoms with E-state index >= 15 is 0 Å². The lowest BCUT2D eigenvalue weighted by Crippen LogP contribution is -2.44. The topological polar surface area (TPSA) is 26.7 Å². The van der Waals surface area contributed by atoms with E-state index in [1.54, 1.807) is 0 Å². The highest BCUT2D eigenvalue weighted by Gasteiger charge is 2.24. The zero-order chi connectivity index (χ0) is 11.5. The lowest BCUT2D eigenvalue weighted by Gasteiger charge is -2.34. The summed E-state index contributed by atoms with van der Waals surface area (Å²) in [5.41, 5.74) is 0.244. The van der Waals surface area contributed by atoms with Gasteiger partial charge in [-0.25, -0.2) is 0 Å². The zero-order valence-corrected chi connectivity index (χ0v) is 10.7. The molecule has 1 aliphatic heterocycles. The van der Waals surface area contributed by atoms with Crippen LogP contribution in [0.3, 0.4) is 0 Å². The molecule has 0 unspecified atom stereocenters. The van der Waals surface area contributed by atoms with Crippen LogP contribution in [0.25, 0.3) is 0 Å². The van der Waals surface area contributed by atoms with E-state index in [1.165, 1.54) is 6.42 Å². The first-order valence-electron chi connectivity index (χ1n) is 6.01. The molecule has 15 heavy (non-hydrogen) atoms. The van der Waals surface area contributed by atoms with Gasteiger partial charge in [-0.15, -0.1) is 0 Å². The molecule has 1 heterocycles. The van der Waals surface area contributed by atoms with Crippen molar-refractivity contribution >= 4 is 0 Å². The van der Waals surface area contributed by atoms with E-state index in [-0.39, 0.29) is 5.54 Å². The maximum Gasteiger partial charge on any atom is 0.0586 e. The highest BCUT2D eigenvalue weighted by Crippen LogP contribution is 2.17. The second-order valence-electron chi connectivity index (χ2n) is 5.61. The van der Waals surface area contributed by atoms with E-state index in [9.17, 15) is 5.11 Å². The Balaban J connectivity index is 2.30. The summed E-state index contributed by atoms with van der Waals surface area (Å²) < 4.78 is 0. The second kappa shape index (κ2) is 5.28. The third-order valence-electron chi connectivity index (χ3n) is 3.58. The molecule has 1 N–H and O–H groups in total. The first kappa shape index (κ1) is 12.9. The maximum absolute atomic E-state index is 9.21. The van der Waals surface area contributed by atoms with Crippen LogP contribution < -0.4 is 0 Å². The number of hydrogen-bond acceptors (Lipinski definition) is 3. The van der Waals surface area contributed by atoms with Crippen molar-refractivity contribution in [3.63, 3.8) is 0 Å². The molecule has 0 aromatic carbocycles. The number of hydrogen-bond donors (Lipinski definition) is 1. The van der Waals surface area contributed by atoms with Gasteiger partial charge in [-0.3, -0.25) is 4.90 Å². The van der Waals surface area contributed by atoms with E-state index in [1.807, 2.05) is 0 Å². The van der Waals surface area contributed by atoms with Gasteiger partial charge < -0.3 is 10.0 Å². The molecule has 0 aromatic rings. The van der Waals surface area contributed by atoms with Gasteiger partial charge in [-0.2, -0.15) is 0 Å². The largest absolute Gasteiger partial charge is 0.395 e. The Bertz CT molecular complexity index is 189. The van der Waals surface area contributed by atoms with Gasteiger partial charge in [0.05, 0.1) is 6.61 Å². The molecule has 0 amide bonds. The Hall–Kier alpha value is -0.120. The molecule has 1 rings (SSSR count). The lowest BCUT2D eigenvalue weighted by atomic mass is 10.1. The quantitative estimate of drug-likeness (QED) is 0.761. The number of likely N-dealkylation sites (N-methyl/N-ethyl adjacent to an activating group) is 1. The highest BCUT2D eigenvalue weighted by atomic mass is 16.3. The van der Waals surface area contributed by atoms with E-state index < -0.39 is 0 Å². The minimum absolute atomic E-state index is 0.244. The van der Waals surface area contributed by atoms with Crippen LogP contribution in [0.4, 0.5) is 0 Å². The maximum atomic E-state index is 9.21. The van der Waals surface area contributed by atoms with Crippen molar-refractivity contribution in [1.82, 2.24) is 9.80 Å². The summed E-state index contributed by atoms with van der Waals surface area (Å²) in [6.45, 7) is 10.4. The van der Waals surface area contributed by atoms with E-state index in [0.29, 0.717) is 12.6 Å². The fraction of sp³-hybridized carbons (Fsp3) is 1.00. The van der Waals surface area contributed by atoms with Crippen molar-refractivity contribution < 1.29 is 5.11 Å². The molecule has 0 aliphatic carbocycles. The molecule has 1 atom stereocenters. The Morgan fingerprint density at radius 1 is 1.40 bits per heavy atom. The molecule has 1 fully saturated rings. The molecule has 0 saturated carbocycles. The fourth-order valence-corrected chi connectivity index (χ4v) is 2.01. The predicted octanol–water partition coefficient (Wildman–Crippen LogP) is 1.17. The van der Waals surface area contributed by atoms with Crippen LogP contribution in [0.1, 0.15) is 33.6 Å². The van der Waals surface area contributed by atoms with Crippen molar-refractivity contribution in [2.75, 3.05) is 33.3 Å². The molecule has 0 bridgehead atoms. The minimum Gasteiger partial charge on any atom is -0.395 e. The summed E-state index contributed by atoms with van der Waals surface area (Å²) in [5, 5.41) is 9.21. The van der Waals surface area contributed by atoms with Gasteiger partial charge in [0.2, 0.25) is 0 Å². The Morgan fingerprint density at radius 2 is 2.07 bits per heavy atom. The van der Waals surface area contributed by atoms with Crippen molar-refractivity contribution in [2.24, 2.45) is 0 Å². The van der Waals surface area contributed by atoms with Gasteiger partial charge in [-0.05, 0) is 47.2 Å². The normalized spacial score (nSPS) is 24.0. The Labute approximate surface area is 94.1 Å². The standard InChI is InChI=1S/C12H26N2O/c1-12(2,3)13(4)8-9-14-7-5-6-11(14)10-15/h11,15H,5-10H2,1-4H3/t11-/m1/s1. The van der Waals surface area contributed by atoms with Crippen molar-refractivity contribution in [1.29, 1.82) is 0 Å². The smallest absolute Gasteiger partial charge is 0.0586 e. The molecule has 90 valence electrons. The average Bonchev–Trinajstić information content (AvgIpc) is 2.59. The van der Waals surface area contributed by atoms with Gasteiger partial charge in [-0.1, -0.05) is 0 Å². The Kier molecular flexibility index (Phi) is 4.56. The number of nitrogens with zero attached hydrogens (tertiary/aromatic N) is 2. The molecule has 1 aliphatic rings. The third kappa shape index (κ3) is 3.74. The zero-order valence-electron chi connectivity index (χ0n) is 10.7. The molecule has 3 nitrogen and oxygen atoms in total. The van der Waals surface area contributed by atoms with E-state index in [2.05, 4.69) is 37.6 Å². The van der Waals surface area contributed by atoms with Crippen LogP contribution in [0.2, 0.25) is 0 Å². The average molecular weight is 214 g/mol. The summed E-state index contributed by atoms with van der Waals surface area (Å²) in [4.78, 5) is 4.79. The van der Waals surface area contributed by atoms with Crippen LogP contribution in [0, 0.1) is 0 Å². The molecule has 3 heteroatoms. The van der Waals surface area contributed by atoms with Crippen LogP contribution in [0.15, 0.2) is 0 Å². The van der Waals surface area contributed by atoms with Gasteiger partial charge in [0, 0.05) is 24.7 Å². The van der Waals surface area contributed by atoms with Crippen LogP contribution in [-0.2, 0) is 0 Å². The van der Waals surface area contributed by atoms with Gasteiger partial charge in [0.1, 0.15) is 0 Å². The number of rotatable bonds is 4. The lowest BCUT2D eigenvalue weighted by molar-refractivity contribution is 0.117. The molecule has 0 spiro atoms. The molecular formula is C12H26N2O. The molecule has 1 saturated heterocycles. The molecule has 0 aromatic heterocycles. The van der Waals surface area contributed by atoms with Gasteiger partial charge >= 0.3 is 0 Å². The predicted molar refractivity (Wildman–Crippen MR) is 64.1 cm³/mol.